The minimum Gasteiger partial charge on any atom is -0.351 e. The zero-order valence-electron chi connectivity index (χ0n) is 7.71. The number of aromatic amines is 1. The van der Waals surface area contributed by atoms with Crippen LogP contribution in [0, 0.1) is 6.42 Å². The fourth-order valence-corrected chi connectivity index (χ4v) is 1.17. The molecule has 0 unspecified atom stereocenters. The number of nitrogens with zero attached hydrogens (tertiary/aromatic N) is 1. The van der Waals surface area contributed by atoms with Crippen molar-refractivity contribution in [2.24, 2.45) is 0 Å². The lowest BCUT2D eigenvalue weighted by atomic mass is 10.1. The van der Waals surface area contributed by atoms with E-state index in [2.05, 4.69) is 23.3 Å². The van der Waals surface area contributed by atoms with E-state index >= 15 is 0 Å². The van der Waals surface area contributed by atoms with Gasteiger partial charge in [-0.2, -0.15) is 0 Å². The summed E-state index contributed by atoms with van der Waals surface area (Å²) < 4.78 is 0. The van der Waals surface area contributed by atoms with E-state index in [0.29, 0.717) is 0 Å². The third-order valence-electron chi connectivity index (χ3n) is 1.92. The first-order valence-corrected chi connectivity index (χ1v) is 4.72. The zero-order valence-corrected chi connectivity index (χ0v) is 7.71. The highest BCUT2D eigenvalue weighted by molar-refractivity contribution is 4.94. The Morgan fingerprint density at radius 3 is 3.08 bits per heavy atom. The maximum atomic E-state index is 4.16. The highest BCUT2D eigenvalue weighted by Crippen LogP contribution is 2.04. The fraction of sp³-hybridized carbons (Fsp3) is 0.600. The number of imidazole rings is 1. The summed E-state index contributed by atoms with van der Waals surface area (Å²) in [5.41, 5.74) is 1.17. The van der Waals surface area contributed by atoms with Crippen LogP contribution in [0.15, 0.2) is 12.5 Å². The quantitative estimate of drug-likeness (QED) is 0.645. The van der Waals surface area contributed by atoms with Crippen LogP contribution in [-0.2, 0) is 6.42 Å². The van der Waals surface area contributed by atoms with Crippen LogP contribution >= 0.6 is 0 Å². The number of aryl methyl sites for hydroxylation is 1. The van der Waals surface area contributed by atoms with Crippen LogP contribution in [0.25, 0.3) is 0 Å². The first kappa shape index (κ1) is 9.30. The van der Waals surface area contributed by atoms with E-state index in [1.165, 1.54) is 25.0 Å². The predicted molar refractivity (Wildman–Crippen MR) is 50.7 cm³/mol. The molecule has 1 rings (SSSR count). The number of hydrogen-bond donors (Lipinski definition) is 1. The van der Waals surface area contributed by atoms with Gasteiger partial charge in [0.05, 0.1) is 12.0 Å². The summed E-state index contributed by atoms with van der Waals surface area (Å²) in [6.07, 6.45) is 12.2. The van der Waals surface area contributed by atoms with E-state index < -0.39 is 0 Å². The molecule has 1 heterocycles. The average Bonchev–Trinajstić information content (AvgIpc) is 2.57. The number of unbranched alkanes of at least 4 members (excludes halogenated alkanes) is 4. The first-order valence-electron chi connectivity index (χ1n) is 4.72. The van der Waals surface area contributed by atoms with Crippen LogP contribution in [0.2, 0.25) is 0 Å². The molecule has 0 saturated carbocycles. The van der Waals surface area contributed by atoms with Crippen LogP contribution in [0.5, 0.6) is 0 Å². The Hall–Kier alpha value is -0.790. The minimum absolute atomic E-state index is 1.08. The summed E-state index contributed by atoms with van der Waals surface area (Å²) in [6.45, 7) is 2.22. The van der Waals surface area contributed by atoms with Crippen molar-refractivity contribution in [3.63, 3.8) is 0 Å². The van der Waals surface area contributed by atoms with Crippen molar-refractivity contribution >= 4 is 0 Å². The van der Waals surface area contributed by atoms with Crippen molar-refractivity contribution in [2.45, 2.75) is 39.0 Å². The summed E-state index contributed by atoms with van der Waals surface area (Å²) in [6, 6.07) is 0. The van der Waals surface area contributed by atoms with Gasteiger partial charge in [-0.25, -0.2) is 4.98 Å². The lowest BCUT2D eigenvalue weighted by Crippen LogP contribution is -1.86. The molecule has 1 N–H and O–H groups in total. The number of H-pyrrole nitrogens is 1. The van der Waals surface area contributed by atoms with Crippen LogP contribution in [0.1, 0.15) is 38.3 Å². The second kappa shape index (κ2) is 5.81. The molecule has 67 valence electrons. The van der Waals surface area contributed by atoms with Gasteiger partial charge in [0.25, 0.3) is 0 Å². The molecular weight excluding hydrogens is 148 g/mol. The van der Waals surface area contributed by atoms with Crippen molar-refractivity contribution in [1.82, 2.24) is 9.97 Å². The molecule has 0 saturated heterocycles. The summed E-state index contributed by atoms with van der Waals surface area (Å²) in [4.78, 5) is 7.12. The fourth-order valence-electron chi connectivity index (χ4n) is 1.17. The number of aromatic nitrogens is 2. The second-order valence-electron chi connectivity index (χ2n) is 3.03. The summed E-state index contributed by atoms with van der Waals surface area (Å²) >= 11 is 0. The SMILES string of the molecule is CCCC[CH]CCc1c[nH]cn1. The monoisotopic (exact) mass is 165 g/mol. The van der Waals surface area contributed by atoms with Crippen molar-refractivity contribution in [3.8, 4) is 0 Å². The van der Waals surface area contributed by atoms with Gasteiger partial charge in [-0.05, 0) is 19.3 Å². The molecule has 0 aliphatic carbocycles. The average molecular weight is 165 g/mol. The first-order chi connectivity index (χ1) is 5.93. The molecule has 2 nitrogen and oxygen atoms in total. The lowest BCUT2D eigenvalue weighted by Gasteiger charge is -1.96. The van der Waals surface area contributed by atoms with E-state index in [1.54, 1.807) is 6.33 Å². The molecule has 1 aromatic heterocycles. The molecule has 0 amide bonds. The van der Waals surface area contributed by atoms with Crippen LogP contribution in [-0.4, -0.2) is 9.97 Å². The van der Waals surface area contributed by atoms with Crippen molar-refractivity contribution in [1.29, 1.82) is 0 Å². The molecular formula is C10H17N2. The Balaban J connectivity index is 1.96. The van der Waals surface area contributed by atoms with E-state index in [-0.39, 0.29) is 0 Å². The van der Waals surface area contributed by atoms with Gasteiger partial charge in [0.1, 0.15) is 0 Å². The molecule has 1 aromatic rings. The third-order valence-corrected chi connectivity index (χ3v) is 1.92. The molecule has 0 aromatic carbocycles. The third kappa shape index (κ3) is 3.56. The Morgan fingerprint density at radius 2 is 2.42 bits per heavy atom. The predicted octanol–water partition coefficient (Wildman–Crippen LogP) is 2.74. The van der Waals surface area contributed by atoms with Gasteiger partial charge in [0.2, 0.25) is 0 Å². The maximum absolute atomic E-state index is 4.16. The molecule has 0 aliphatic rings. The molecule has 12 heavy (non-hydrogen) atoms. The largest absolute Gasteiger partial charge is 0.351 e. The van der Waals surface area contributed by atoms with Gasteiger partial charge < -0.3 is 4.98 Å². The molecule has 0 spiro atoms. The summed E-state index contributed by atoms with van der Waals surface area (Å²) in [5, 5.41) is 0. The Morgan fingerprint density at radius 1 is 1.50 bits per heavy atom. The Kier molecular flexibility index (Phi) is 4.50. The number of nitrogens with one attached hydrogen (secondary N) is 1. The summed E-state index contributed by atoms with van der Waals surface area (Å²) in [5.74, 6) is 0. The standard InChI is InChI=1S/C10H17N2/c1-2-3-4-5-6-7-10-8-11-9-12-10/h5,8-9H,2-4,6-7H2,1H3,(H,11,12). The smallest absolute Gasteiger partial charge is 0.0923 e. The van der Waals surface area contributed by atoms with Gasteiger partial charge in [-0.1, -0.05) is 26.2 Å². The topological polar surface area (TPSA) is 28.7 Å². The van der Waals surface area contributed by atoms with E-state index in [1.807, 2.05) is 6.20 Å². The second-order valence-corrected chi connectivity index (χ2v) is 3.03. The van der Waals surface area contributed by atoms with Gasteiger partial charge in [-0.3, -0.25) is 0 Å². The molecule has 0 aliphatic heterocycles. The van der Waals surface area contributed by atoms with Gasteiger partial charge in [0.15, 0.2) is 0 Å². The summed E-state index contributed by atoms with van der Waals surface area (Å²) in [7, 11) is 0. The van der Waals surface area contributed by atoms with Crippen molar-refractivity contribution in [3.05, 3.63) is 24.6 Å². The number of hydrogen-bond acceptors (Lipinski definition) is 1. The molecule has 0 atom stereocenters. The van der Waals surface area contributed by atoms with E-state index in [9.17, 15) is 0 Å². The highest BCUT2D eigenvalue weighted by atomic mass is 14.9. The Bertz CT molecular complexity index is 180. The molecule has 0 bridgehead atoms. The van der Waals surface area contributed by atoms with Gasteiger partial charge in [-0.15, -0.1) is 0 Å². The van der Waals surface area contributed by atoms with Gasteiger partial charge >= 0.3 is 0 Å². The van der Waals surface area contributed by atoms with E-state index in [0.717, 1.165) is 12.8 Å². The van der Waals surface area contributed by atoms with Crippen LogP contribution in [0.3, 0.4) is 0 Å². The Labute approximate surface area is 74.4 Å². The molecule has 0 fully saturated rings. The normalized spacial score (nSPS) is 10.4. The zero-order chi connectivity index (χ0) is 8.65. The molecule has 1 radical (unpaired) electrons. The van der Waals surface area contributed by atoms with Crippen LogP contribution < -0.4 is 0 Å². The lowest BCUT2D eigenvalue weighted by molar-refractivity contribution is 0.740. The van der Waals surface area contributed by atoms with Crippen LogP contribution in [0.4, 0.5) is 0 Å². The maximum Gasteiger partial charge on any atom is 0.0923 e. The molecule has 2 heteroatoms. The number of rotatable bonds is 6. The highest BCUT2D eigenvalue weighted by Gasteiger charge is 1.94. The van der Waals surface area contributed by atoms with E-state index in [4.69, 9.17) is 0 Å². The minimum atomic E-state index is 1.08. The van der Waals surface area contributed by atoms with Gasteiger partial charge in [0, 0.05) is 6.20 Å². The van der Waals surface area contributed by atoms with Crippen molar-refractivity contribution < 1.29 is 0 Å². The van der Waals surface area contributed by atoms with Crippen molar-refractivity contribution in [2.75, 3.05) is 0 Å².